The van der Waals surface area contributed by atoms with Gasteiger partial charge < -0.3 is 4.74 Å². The van der Waals surface area contributed by atoms with Gasteiger partial charge in [-0.3, -0.25) is 4.90 Å². The predicted octanol–water partition coefficient (Wildman–Crippen LogP) is 1.71. The second-order valence-electron chi connectivity index (χ2n) is 5.04. The number of fused-ring (bicyclic) bond motifs is 1. The Balaban J connectivity index is 1.73. The van der Waals surface area contributed by atoms with Crippen molar-refractivity contribution in [3.05, 3.63) is 29.6 Å². The predicted molar refractivity (Wildman–Crippen MR) is 66.7 cm³/mol. The lowest BCUT2D eigenvalue weighted by molar-refractivity contribution is -0.0588. The quantitative estimate of drug-likeness (QED) is 0.793. The summed E-state index contributed by atoms with van der Waals surface area (Å²) in [4.78, 5) is 6.51. The van der Waals surface area contributed by atoms with Gasteiger partial charge in [-0.05, 0) is 37.0 Å². The summed E-state index contributed by atoms with van der Waals surface area (Å²) in [6.07, 6.45) is 5.85. The van der Waals surface area contributed by atoms with Gasteiger partial charge in [0, 0.05) is 25.3 Å². The third-order valence-corrected chi connectivity index (χ3v) is 3.92. The number of rotatable bonds is 2. The largest absolute Gasteiger partial charge is 0.375 e. The van der Waals surface area contributed by atoms with Crippen LogP contribution < -0.4 is 0 Å². The Kier molecular flexibility index (Phi) is 3.26. The first-order valence-corrected chi connectivity index (χ1v) is 6.57. The number of nitrogens with zero attached hydrogens (tertiary/aromatic N) is 3. The number of nitriles is 1. The lowest BCUT2D eigenvalue weighted by Crippen LogP contribution is -2.47. The Labute approximate surface area is 107 Å². The second kappa shape index (κ2) is 5.05. The van der Waals surface area contributed by atoms with E-state index in [1.165, 1.54) is 24.8 Å². The SMILES string of the molecule is N#Cc1cc(CN2CCOC3CCCC32)ccn1. The molecular formula is C14H17N3O. The van der Waals surface area contributed by atoms with E-state index < -0.39 is 0 Å². The second-order valence-corrected chi connectivity index (χ2v) is 5.04. The number of aromatic nitrogens is 1. The molecule has 94 valence electrons. The van der Waals surface area contributed by atoms with E-state index in [2.05, 4.69) is 16.0 Å². The average molecular weight is 243 g/mol. The molecule has 0 radical (unpaired) electrons. The fraction of sp³-hybridized carbons (Fsp3) is 0.571. The van der Waals surface area contributed by atoms with Crippen LogP contribution in [0.15, 0.2) is 18.3 Å². The number of hydrogen-bond donors (Lipinski definition) is 0. The fourth-order valence-electron chi connectivity index (χ4n) is 3.07. The number of pyridine rings is 1. The van der Waals surface area contributed by atoms with E-state index in [1.54, 1.807) is 6.20 Å². The Morgan fingerprint density at radius 2 is 2.44 bits per heavy atom. The van der Waals surface area contributed by atoms with Gasteiger partial charge in [0.2, 0.25) is 0 Å². The zero-order valence-corrected chi connectivity index (χ0v) is 10.4. The smallest absolute Gasteiger partial charge is 0.140 e. The highest BCUT2D eigenvalue weighted by Crippen LogP contribution is 2.30. The number of hydrogen-bond acceptors (Lipinski definition) is 4. The van der Waals surface area contributed by atoms with Crippen molar-refractivity contribution in [2.75, 3.05) is 13.2 Å². The summed E-state index contributed by atoms with van der Waals surface area (Å²) in [5.74, 6) is 0. The molecule has 1 saturated heterocycles. The van der Waals surface area contributed by atoms with E-state index in [0.717, 1.165) is 19.7 Å². The normalized spacial score (nSPS) is 27.7. The number of ether oxygens (including phenoxy) is 1. The Bertz CT molecular complexity index is 468. The van der Waals surface area contributed by atoms with Gasteiger partial charge in [0.1, 0.15) is 11.8 Å². The van der Waals surface area contributed by atoms with Gasteiger partial charge in [0.05, 0.1) is 12.7 Å². The van der Waals surface area contributed by atoms with Crippen LogP contribution in [0.2, 0.25) is 0 Å². The molecule has 18 heavy (non-hydrogen) atoms. The van der Waals surface area contributed by atoms with Crippen molar-refractivity contribution in [2.24, 2.45) is 0 Å². The van der Waals surface area contributed by atoms with E-state index in [-0.39, 0.29) is 0 Å². The van der Waals surface area contributed by atoms with Crippen LogP contribution in [0.3, 0.4) is 0 Å². The lowest BCUT2D eigenvalue weighted by Gasteiger charge is -2.37. The molecule has 2 unspecified atom stereocenters. The first-order chi connectivity index (χ1) is 8.86. The minimum atomic E-state index is 0.427. The summed E-state index contributed by atoms with van der Waals surface area (Å²) in [6.45, 7) is 2.73. The topological polar surface area (TPSA) is 49.2 Å². The Morgan fingerprint density at radius 3 is 3.33 bits per heavy atom. The van der Waals surface area contributed by atoms with E-state index in [9.17, 15) is 0 Å². The highest BCUT2D eigenvalue weighted by atomic mass is 16.5. The van der Waals surface area contributed by atoms with Crippen molar-refractivity contribution in [1.82, 2.24) is 9.88 Å². The van der Waals surface area contributed by atoms with Gasteiger partial charge in [-0.25, -0.2) is 4.98 Å². The van der Waals surface area contributed by atoms with Crippen molar-refractivity contribution < 1.29 is 4.74 Å². The fourth-order valence-corrected chi connectivity index (χ4v) is 3.07. The lowest BCUT2D eigenvalue weighted by atomic mass is 10.1. The Morgan fingerprint density at radius 1 is 1.50 bits per heavy atom. The molecule has 0 spiro atoms. The van der Waals surface area contributed by atoms with Crippen LogP contribution >= 0.6 is 0 Å². The van der Waals surface area contributed by atoms with Crippen LogP contribution in [0, 0.1) is 11.3 Å². The first kappa shape index (κ1) is 11.6. The molecule has 2 fully saturated rings. The molecule has 4 nitrogen and oxygen atoms in total. The van der Waals surface area contributed by atoms with E-state index >= 15 is 0 Å². The van der Waals surface area contributed by atoms with Crippen LogP contribution in [0.25, 0.3) is 0 Å². The molecule has 1 aromatic rings. The van der Waals surface area contributed by atoms with Crippen LogP contribution in [-0.2, 0) is 11.3 Å². The molecule has 1 aliphatic carbocycles. The molecule has 1 aliphatic heterocycles. The summed E-state index contributed by atoms with van der Waals surface area (Å²) >= 11 is 0. The van der Waals surface area contributed by atoms with Crippen molar-refractivity contribution >= 4 is 0 Å². The molecule has 2 atom stereocenters. The zero-order chi connectivity index (χ0) is 12.4. The van der Waals surface area contributed by atoms with Gasteiger partial charge in [-0.1, -0.05) is 0 Å². The highest BCUT2D eigenvalue weighted by Gasteiger charge is 2.35. The Hall–Kier alpha value is -1.44. The van der Waals surface area contributed by atoms with Crippen molar-refractivity contribution in [3.63, 3.8) is 0 Å². The monoisotopic (exact) mass is 243 g/mol. The minimum Gasteiger partial charge on any atom is -0.375 e. The average Bonchev–Trinajstić information content (AvgIpc) is 2.88. The summed E-state index contributed by atoms with van der Waals surface area (Å²) < 4.78 is 5.81. The molecule has 4 heteroatoms. The van der Waals surface area contributed by atoms with E-state index in [1.807, 2.05) is 12.1 Å². The van der Waals surface area contributed by atoms with E-state index in [0.29, 0.717) is 17.8 Å². The molecule has 0 amide bonds. The van der Waals surface area contributed by atoms with Gasteiger partial charge in [0.25, 0.3) is 0 Å². The van der Waals surface area contributed by atoms with Gasteiger partial charge >= 0.3 is 0 Å². The summed E-state index contributed by atoms with van der Waals surface area (Å²) in [5.41, 5.74) is 1.68. The maximum atomic E-state index is 8.87. The molecule has 1 saturated carbocycles. The molecular weight excluding hydrogens is 226 g/mol. The summed E-state index contributed by atoms with van der Waals surface area (Å²) in [5, 5.41) is 8.87. The molecule has 0 bridgehead atoms. The van der Waals surface area contributed by atoms with Crippen molar-refractivity contribution in [3.8, 4) is 6.07 Å². The third kappa shape index (κ3) is 2.24. The molecule has 2 heterocycles. The molecule has 0 aromatic carbocycles. The first-order valence-electron chi connectivity index (χ1n) is 6.57. The van der Waals surface area contributed by atoms with Crippen LogP contribution in [0.5, 0.6) is 0 Å². The summed E-state index contributed by atoms with van der Waals surface area (Å²) in [6, 6.07) is 6.55. The summed E-state index contributed by atoms with van der Waals surface area (Å²) in [7, 11) is 0. The van der Waals surface area contributed by atoms with Gasteiger partial charge in [-0.2, -0.15) is 5.26 Å². The van der Waals surface area contributed by atoms with Crippen molar-refractivity contribution in [2.45, 2.75) is 38.0 Å². The van der Waals surface area contributed by atoms with E-state index in [4.69, 9.17) is 10.00 Å². The molecule has 1 aromatic heterocycles. The van der Waals surface area contributed by atoms with Crippen LogP contribution in [-0.4, -0.2) is 35.2 Å². The molecule has 3 rings (SSSR count). The standard InChI is InChI=1S/C14H17N3O/c15-9-12-8-11(4-5-16-12)10-17-6-7-18-14-3-1-2-13(14)17/h4-5,8,13-14H,1-3,6-7,10H2. The van der Waals surface area contributed by atoms with Crippen LogP contribution in [0.4, 0.5) is 0 Å². The minimum absolute atomic E-state index is 0.427. The third-order valence-electron chi connectivity index (χ3n) is 3.92. The van der Waals surface area contributed by atoms with Crippen molar-refractivity contribution in [1.29, 1.82) is 5.26 Å². The maximum Gasteiger partial charge on any atom is 0.140 e. The van der Waals surface area contributed by atoms with Gasteiger partial charge in [0.15, 0.2) is 0 Å². The molecule has 2 aliphatic rings. The highest BCUT2D eigenvalue weighted by molar-refractivity contribution is 5.25. The van der Waals surface area contributed by atoms with Gasteiger partial charge in [-0.15, -0.1) is 0 Å². The number of morpholine rings is 1. The van der Waals surface area contributed by atoms with Crippen LogP contribution in [0.1, 0.15) is 30.5 Å². The zero-order valence-electron chi connectivity index (χ0n) is 10.4. The molecule has 0 N–H and O–H groups in total. The maximum absolute atomic E-state index is 8.87.